The fraction of sp³-hybridized carbons (Fsp3) is 0.588. The van der Waals surface area contributed by atoms with Crippen molar-refractivity contribution in [3.05, 3.63) is 24.0 Å². The van der Waals surface area contributed by atoms with Crippen molar-refractivity contribution in [2.24, 2.45) is 0 Å². The summed E-state index contributed by atoms with van der Waals surface area (Å²) in [5, 5.41) is 0. The van der Waals surface area contributed by atoms with E-state index in [-0.39, 0.29) is 12.6 Å². The molecule has 0 unspecified atom stereocenters. The van der Waals surface area contributed by atoms with Gasteiger partial charge in [-0.15, -0.1) is 0 Å². The molecule has 2 rings (SSSR count). The molecule has 0 saturated carbocycles. The van der Waals surface area contributed by atoms with Crippen molar-refractivity contribution in [1.82, 2.24) is 9.88 Å². The third kappa shape index (κ3) is 4.59. The minimum Gasteiger partial charge on any atom is -0.488 e. The minimum absolute atomic E-state index is 0.260. The van der Waals surface area contributed by atoms with Crippen LogP contribution < -0.4 is 4.74 Å². The van der Waals surface area contributed by atoms with Crippen molar-refractivity contribution < 1.29 is 23.8 Å². The van der Waals surface area contributed by atoms with Crippen molar-refractivity contribution in [3.63, 3.8) is 0 Å². The van der Waals surface area contributed by atoms with Gasteiger partial charge in [-0.05, 0) is 33.8 Å². The molecule has 0 aromatic carbocycles. The number of rotatable bonds is 3. The summed E-state index contributed by atoms with van der Waals surface area (Å²) in [6.07, 6.45) is 1.15. The van der Waals surface area contributed by atoms with Gasteiger partial charge in [0, 0.05) is 24.4 Å². The van der Waals surface area contributed by atoms with E-state index < -0.39 is 23.7 Å². The van der Waals surface area contributed by atoms with Gasteiger partial charge >= 0.3 is 12.1 Å². The average molecular weight is 336 g/mol. The number of aryl methyl sites for hydroxylation is 1. The lowest BCUT2D eigenvalue weighted by molar-refractivity contribution is -0.145. The van der Waals surface area contributed by atoms with Crippen LogP contribution in [-0.4, -0.2) is 53.3 Å². The maximum absolute atomic E-state index is 12.4. The standard InChI is InChI=1S/C17H24N2O5/c1-11-8-12(6-7-18-11)23-13-9-14(15(20)22-5)19(10-13)16(21)24-17(2,3)4/h6-8,13-14H,9-10H2,1-5H3/t13-,14+/m1/s1. The van der Waals surface area contributed by atoms with E-state index in [1.54, 1.807) is 33.0 Å². The maximum Gasteiger partial charge on any atom is 0.411 e. The van der Waals surface area contributed by atoms with Gasteiger partial charge in [0.05, 0.1) is 13.7 Å². The molecule has 1 aromatic heterocycles. The number of hydrogen-bond acceptors (Lipinski definition) is 6. The molecule has 0 aliphatic carbocycles. The van der Waals surface area contributed by atoms with Gasteiger partial charge in [0.1, 0.15) is 23.5 Å². The number of carbonyl (C=O) groups excluding carboxylic acids is 2. The van der Waals surface area contributed by atoms with Gasteiger partial charge in [0.25, 0.3) is 0 Å². The Labute approximate surface area is 141 Å². The predicted molar refractivity (Wildman–Crippen MR) is 86.8 cm³/mol. The van der Waals surface area contributed by atoms with Crippen LogP contribution in [-0.2, 0) is 14.3 Å². The van der Waals surface area contributed by atoms with E-state index in [1.165, 1.54) is 12.0 Å². The molecule has 0 N–H and O–H groups in total. The van der Waals surface area contributed by atoms with E-state index >= 15 is 0 Å². The summed E-state index contributed by atoms with van der Waals surface area (Å²) in [5.41, 5.74) is 0.192. The van der Waals surface area contributed by atoms with E-state index in [0.29, 0.717) is 12.2 Å². The summed E-state index contributed by atoms with van der Waals surface area (Å²) in [4.78, 5) is 29.9. The van der Waals surface area contributed by atoms with Crippen molar-refractivity contribution in [2.45, 2.75) is 51.9 Å². The molecule has 24 heavy (non-hydrogen) atoms. The number of ether oxygens (including phenoxy) is 3. The first-order valence-corrected chi connectivity index (χ1v) is 7.86. The lowest BCUT2D eigenvalue weighted by Crippen LogP contribution is -2.44. The third-order valence-corrected chi connectivity index (χ3v) is 3.53. The van der Waals surface area contributed by atoms with Gasteiger partial charge in [-0.2, -0.15) is 0 Å². The number of hydrogen-bond donors (Lipinski definition) is 0. The highest BCUT2D eigenvalue weighted by Crippen LogP contribution is 2.26. The van der Waals surface area contributed by atoms with Crippen LogP contribution in [0.25, 0.3) is 0 Å². The zero-order valence-electron chi connectivity index (χ0n) is 14.7. The SMILES string of the molecule is COC(=O)[C@@H]1C[C@@H](Oc2ccnc(C)c2)CN1C(=O)OC(C)(C)C. The van der Waals surface area contributed by atoms with E-state index in [2.05, 4.69) is 4.98 Å². The molecule has 0 spiro atoms. The van der Waals surface area contributed by atoms with Crippen LogP contribution in [0.2, 0.25) is 0 Å². The summed E-state index contributed by atoms with van der Waals surface area (Å²) >= 11 is 0. The Morgan fingerprint density at radius 3 is 2.62 bits per heavy atom. The van der Waals surface area contributed by atoms with Gasteiger partial charge in [0.2, 0.25) is 0 Å². The molecule has 1 amide bonds. The topological polar surface area (TPSA) is 78.0 Å². The third-order valence-electron chi connectivity index (χ3n) is 3.53. The fourth-order valence-corrected chi connectivity index (χ4v) is 2.55. The summed E-state index contributed by atoms with van der Waals surface area (Å²) in [6, 6.07) is 2.84. The first kappa shape index (κ1) is 18.0. The number of esters is 1. The number of aromatic nitrogens is 1. The highest BCUT2D eigenvalue weighted by atomic mass is 16.6. The Morgan fingerprint density at radius 1 is 1.33 bits per heavy atom. The largest absolute Gasteiger partial charge is 0.488 e. The van der Waals surface area contributed by atoms with Crippen LogP contribution >= 0.6 is 0 Å². The summed E-state index contributed by atoms with van der Waals surface area (Å²) in [5.74, 6) is 0.181. The molecule has 7 nitrogen and oxygen atoms in total. The summed E-state index contributed by atoms with van der Waals surface area (Å²) in [7, 11) is 1.30. The fourth-order valence-electron chi connectivity index (χ4n) is 2.55. The van der Waals surface area contributed by atoms with Crippen molar-refractivity contribution in [1.29, 1.82) is 0 Å². The minimum atomic E-state index is -0.710. The van der Waals surface area contributed by atoms with Crippen LogP contribution in [0, 0.1) is 6.92 Å². The lowest BCUT2D eigenvalue weighted by Gasteiger charge is -2.27. The summed E-state index contributed by atoms with van der Waals surface area (Å²) < 4.78 is 16.1. The smallest absolute Gasteiger partial charge is 0.411 e. The molecule has 1 aliphatic heterocycles. The molecule has 0 bridgehead atoms. The van der Waals surface area contributed by atoms with E-state index in [4.69, 9.17) is 14.2 Å². The number of amides is 1. The molecule has 1 fully saturated rings. The van der Waals surface area contributed by atoms with Gasteiger partial charge in [-0.3, -0.25) is 9.88 Å². The Hall–Kier alpha value is -2.31. The molecular weight excluding hydrogens is 312 g/mol. The number of methoxy groups -OCH3 is 1. The first-order chi connectivity index (χ1) is 11.2. The molecule has 0 radical (unpaired) electrons. The maximum atomic E-state index is 12.4. The van der Waals surface area contributed by atoms with Gasteiger partial charge in [-0.25, -0.2) is 9.59 Å². The monoisotopic (exact) mass is 336 g/mol. The second kappa shape index (κ2) is 7.07. The van der Waals surface area contributed by atoms with Gasteiger partial charge in [-0.1, -0.05) is 0 Å². The second-order valence-corrected chi connectivity index (χ2v) is 6.78. The average Bonchev–Trinajstić information content (AvgIpc) is 2.88. The Kier molecular flexibility index (Phi) is 5.31. The van der Waals surface area contributed by atoms with E-state index in [1.807, 2.05) is 13.0 Å². The van der Waals surface area contributed by atoms with E-state index in [0.717, 1.165) is 5.69 Å². The molecule has 2 atom stereocenters. The second-order valence-electron chi connectivity index (χ2n) is 6.78. The Balaban J connectivity index is 2.11. The predicted octanol–water partition coefficient (Wildman–Crippen LogP) is 2.32. The molecule has 2 heterocycles. The molecule has 132 valence electrons. The Morgan fingerprint density at radius 2 is 2.04 bits per heavy atom. The number of carbonyl (C=O) groups is 2. The van der Waals surface area contributed by atoms with Crippen LogP contribution in [0.5, 0.6) is 5.75 Å². The van der Waals surface area contributed by atoms with Crippen LogP contribution in [0.3, 0.4) is 0 Å². The molecule has 7 heteroatoms. The van der Waals surface area contributed by atoms with Crippen LogP contribution in [0.1, 0.15) is 32.9 Å². The molecule has 1 saturated heterocycles. The highest BCUT2D eigenvalue weighted by molar-refractivity contribution is 5.82. The highest BCUT2D eigenvalue weighted by Gasteiger charge is 2.43. The van der Waals surface area contributed by atoms with Gasteiger partial charge < -0.3 is 14.2 Å². The lowest BCUT2D eigenvalue weighted by atomic mass is 10.2. The Bertz CT molecular complexity index is 611. The van der Waals surface area contributed by atoms with E-state index in [9.17, 15) is 9.59 Å². The van der Waals surface area contributed by atoms with Crippen LogP contribution in [0.4, 0.5) is 4.79 Å². The summed E-state index contributed by atoms with van der Waals surface area (Å²) in [6.45, 7) is 7.47. The van der Waals surface area contributed by atoms with Crippen molar-refractivity contribution >= 4 is 12.1 Å². The van der Waals surface area contributed by atoms with Crippen molar-refractivity contribution in [3.8, 4) is 5.75 Å². The normalized spacial score (nSPS) is 20.6. The molecular formula is C17H24N2O5. The van der Waals surface area contributed by atoms with Crippen molar-refractivity contribution in [2.75, 3.05) is 13.7 Å². The zero-order chi connectivity index (χ0) is 17.9. The number of nitrogens with zero attached hydrogens (tertiary/aromatic N) is 2. The van der Waals surface area contributed by atoms with Gasteiger partial charge in [0.15, 0.2) is 0 Å². The first-order valence-electron chi connectivity index (χ1n) is 7.86. The van der Waals surface area contributed by atoms with Crippen LogP contribution in [0.15, 0.2) is 18.3 Å². The zero-order valence-corrected chi connectivity index (χ0v) is 14.7. The quantitative estimate of drug-likeness (QED) is 0.788. The molecule has 1 aliphatic rings. The number of pyridine rings is 1. The number of likely N-dealkylation sites (tertiary alicyclic amines) is 1. The molecule has 1 aromatic rings.